The minimum atomic E-state index is -0.0563. The zero-order chi connectivity index (χ0) is 16.9. The number of carbonyl (C=O) groups excluding carboxylic acids is 2. The van der Waals surface area contributed by atoms with Crippen molar-refractivity contribution in [2.24, 2.45) is 0 Å². The molecule has 0 aliphatic carbocycles. The Labute approximate surface area is 143 Å². The standard InChI is InChI=1S/C18H26N4O2/c1-2-17(23)19-14-6-5-7-15(12-14)20-18(24)22-11-10-21-9-4-3-8-16(21)13-22/h5-7,12,16H,2-4,8-11,13H2,1H3,(H,19,23)(H,20,24). The van der Waals surface area contributed by atoms with Crippen LogP contribution < -0.4 is 10.6 Å². The number of hydrogen-bond donors (Lipinski definition) is 2. The van der Waals surface area contributed by atoms with Crippen molar-refractivity contribution in [3.05, 3.63) is 24.3 Å². The molecular formula is C18H26N4O2. The van der Waals surface area contributed by atoms with Crippen molar-refractivity contribution >= 4 is 23.3 Å². The fourth-order valence-corrected chi connectivity index (χ4v) is 3.47. The second kappa shape index (κ2) is 7.66. The van der Waals surface area contributed by atoms with Crippen LogP contribution in [0.5, 0.6) is 0 Å². The number of urea groups is 1. The molecule has 6 nitrogen and oxygen atoms in total. The number of nitrogens with zero attached hydrogens (tertiary/aromatic N) is 2. The molecule has 6 heteroatoms. The molecule has 2 fully saturated rings. The summed E-state index contributed by atoms with van der Waals surface area (Å²) in [6.07, 6.45) is 4.15. The van der Waals surface area contributed by atoms with Gasteiger partial charge in [-0.2, -0.15) is 0 Å². The predicted molar refractivity (Wildman–Crippen MR) is 95.2 cm³/mol. The van der Waals surface area contributed by atoms with Gasteiger partial charge in [0.15, 0.2) is 0 Å². The van der Waals surface area contributed by atoms with Crippen LogP contribution >= 0.6 is 0 Å². The second-order valence-corrected chi connectivity index (χ2v) is 6.54. The van der Waals surface area contributed by atoms with E-state index >= 15 is 0 Å². The van der Waals surface area contributed by atoms with E-state index < -0.39 is 0 Å². The van der Waals surface area contributed by atoms with E-state index in [1.165, 1.54) is 25.8 Å². The highest BCUT2D eigenvalue weighted by Crippen LogP contribution is 2.22. The molecule has 3 amide bonds. The molecule has 24 heavy (non-hydrogen) atoms. The van der Waals surface area contributed by atoms with Crippen LogP contribution in [0, 0.1) is 0 Å². The van der Waals surface area contributed by atoms with Crippen LogP contribution in [-0.2, 0) is 4.79 Å². The monoisotopic (exact) mass is 330 g/mol. The summed E-state index contributed by atoms with van der Waals surface area (Å²) in [4.78, 5) is 28.4. The largest absolute Gasteiger partial charge is 0.326 e. The summed E-state index contributed by atoms with van der Waals surface area (Å²) in [7, 11) is 0. The van der Waals surface area contributed by atoms with Crippen molar-refractivity contribution in [3.8, 4) is 0 Å². The van der Waals surface area contributed by atoms with Crippen LogP contribution in [0.1, 0.15) is 32.6 Å². The SMILES string of the molecule is CCC(=O)Nc1cccc(NC(=O)N2CCN3CCCCC3C2)c1. The van der Waals surface area contributed by atoms with Crippen molar-refractivity contribution in [2.45, 2.75) is 38.6 Å². The Morgan fingerprint density at radius 1 is 1.12 bits per heavy atom. The fourth-order valence-electron chi connectivity index (χ4n) is 3.47. The van der Waals surface area contributed by atoms with Crippen molar-refractivity contribution < 1.29 is 9.59 Å². The molecule has 0 bridgehead atoms. The topological polar surface area (TPSA) is 64.7 Å². The van der Waals surface area contributed by atoms with Crippen molar-refractivity contribution in [1.29, 1.82) is 0 Å². The quantitative estimate of drug-likeness (QED) is 0.896. The molecule has 2 N–H and O–H groups in total. The smallest absolute Gasteiger partial charge is 0.321 e. The van der Waals surface area contributed by atoms with Crippen LogP contribution in [0.25, 0.3) is 0 Å². The maximum absolute atomic E-state index is 12.5. The number of rotatable bonds is 3. The molecule has 2 saturated heterocycles. The minimum Gasteiger partial charge on any atom is -0.326 e. The first-order valence-electron chi connectivity index (χ1n) is 8.85. The number of anilines is 2. The lowest BCUT2D eigenvalue weighted by Crippen LogP contribution is -2.56. The summed E-state index contributed by atoms with van der Waals surface area (Å²) in [5.74, 6) is -0.0353. The zero-order valence-corrected chi connectivity index (χ0v) is 14.3. The maximum Gasteiger partial charge on any atom is 0.321 e. The van der Waals surface area contributed by atoms with Gasteiger partial charge in [0.25, 0.3) is 0 Å². The van der Waals surface area contributed by atoms with E-state index in [4.69, 9.17) is 0 Å². The molecular weight excluding hydrogens is 304 g/mol. The van der Waals surface area contributed by atoms with Gasteiger partial charge in [0.05, 0.1) is 0 Å². The van der Waals surface area contributed by atoms with Crippen LogP contribution in [0.2, 0.25) is 0 Å². The second-order valence-electron chi connectivity index (χ2n) is 6.54. The lowest BCUT2D eigenvalue weighted by atomic mass is 10.00. The van der Waals surface area contributed by atoms with Crippen LogP contribution in [-0.4, -0.2) is 54.0 Å². The number of carbonyl (C=O) groups is 2. The molecule has 1 atom stereocenters. The summed E-state index contributed by atoms with van der Waals surface area (Å²) >= 11 is 0. The van der Waals surface area contributed by atoms with Crippen LogP contribution in [0.3, 0.4) is 0 Å². The van der Waals surface area contributed by atoms with Gasteiger partial charge < -0.3 is 15.5 Å². The lowest BCUT2D eigenvalue weighted by Gasteiger charge is -2.43. The molecule has 1 aromatic rings. The van der Waals surface area contributed by atoms with E-state index in [2.05, 4.69) is 15.5 Å². The van der Waals surface area contributed by atoms with Gasteiger partial charge in [-0.05, 0) is 37.6 Å². The summed E-state index contributed by atoms with van der Waals surface area (Å²) < 4.78 is 0. The predicted octanol–water partition coefficient (Wildman–Crippen LogP) is 2.74. The van der Waals surface area contributed by atoms with Gasteiger partial charge in [-0.1, -0.05) is 19.4 Å². The van der Waals surface area contributed by atoms with Crippen molar-refractivity contribution in [1.82, 2.24) is 9.80 Å². The van der Waals surface area contributed by atoms with E-state index in [-0.39, 0.29) is 11.9 Å². The highest BCUT2D eigenvalue weighted by Gasteiger charge is 2.30. The Morgan fingerprint density at radius 3 is 2.71 bits per heavy atom. The van der Waals surface area contributed by atoms with Gasteiger partial charge in [0.2, 0.25) is 5.91 Å². The zero-order valence-electron chi connectivity index (χ0n) is 14.3. The lowest BCUT2D eigenvalue weighted by molar-refractivity contribution is -0.115. The first kappa shape index (κ1) is 16.8. The average Bonchev–Trinajstić information content (AvgIpc) is 2.61. The molecule has 2 aliphatic heterocycles. The Balaban J connectivity index is 1.58. The van der Waals surface area contributed by atoms with Gasteiger partial charge in [0, 0.05) is 43.5 Å². The summed E-state index contributed by atoms with van der Waals surface area (Å²) in [6, 6.07) is 7.75. The normalized spacial score (nSPS) is 21.0. The van der Waals surface area contributed by atoms with Crippen LogP contribution in [0.4, 0.5) is 16.2 Å². The number of hydrogen-bond acceptors (Lipinski definition) is 3. The first-order valence-corrected chi connectivity index (χ1v) is 8.85. The molecule has 130 valence electrons. The summed E-state index contributed by atoms with van der Waals surface area (Å²) in [5, 5.41) is 5.77. The summed E-state index contributed by atoms with van der Waals surface area (Å²) in [5.41, 5.74) is 1.41. The summed E-state index contributed by atoms with van der Waals surface area (Å²) in [6.45, 7) is 5.52. The Kier molecular flexibility index (Phi) is 5.35. The van der Waals surface area contributed by atoms with Gasteiger partial charge >= 0.3 is 6.03 Å². The molecule has 0 aromatic heterocycles. The van der Waals surface area contributed by atoms with Gasteiger partial charge in [-0.25, -0.2) is 4.79 Å². The van der Waals surface area contributed by atoms with E-state index in [1.807, 2.05) is 30.0 Å². The molecule has 0 spiro atoms. The molecule has 0 saturated carbocycles. The van der Waals surface area contributed by atoms with Gasteiger partial charge in [-0.15, -0.1) is 0 Å². The third kappa shape index (κ3) is 4.06. The van der Waals surface area contributed by atoms with E-state index in [9.17, 15) is 9.59 Å². The van der Waals surface area contributed by atoms with E-state index in [0.717, 1.165) is 19.6 Å². The van der Waals surface area contributed by atoms with Crippen molar-refractivity contribution in [3.63, 3.8) is 0 Å². The molecule has 0 radical (unpaired) electrons. The van der Waals surface area contributed by atoms with Gasteiger partial charge in [-0.3, -0.25) is 9.69 Å². The Hall–Kier alpha value is -2.08. The number of amides is 3. The van der Waals surface area contributed by atoms with Crippen LogP contribution in [0.15, 0.2) is 24.3 Å². The third-order valence-corrected chi connectivity index (χ3v) is 4.84. The number of piperazine rings is 1. The Bertz CT molecular complexity index is 604. The highest BCUT2D eigenvalue weighted by molar-refractivity contribution is 5.93. The van der Waals surface area contributed by atoms with E-state index in [1.54, 1.807) is 6.07 Å². The van der Waals surface area contributed by atoms with E-state index in [0.29, 0.717) is 23.8 Å². The third-order valence-electron chi connectivity index (χ3n) is 4.84. The molecule has 2 heterocycles. The number of fused-ring (bicyclic) bond motifs is 1. The van der Waals surface area contributed by atoms with Crippen molar-refractivity contribution in [2.75, 3.05) is 36.8 Å². The van der Waals surface area contributed by atoms with Gasteiger partial charge in [0.1, 0.15) is 0 Å². The molecule has 3 rings (SSSR count). The number of piperidine rings is 1. The Morgan fingerprint density at radius 2 is 1.92 bits per heavy atom. The first-order chi connectivity index (χ1) is 11.7. The molecule has 2 aliphatic rings. The minimum absolute atomic E-state index is 0.0353. The molecule has 1 aromatic carbocycles. The average molecular weight is 330 g/mol. The highest BCUT2D eigenvalue weighted by atomic mass is 16.2. The number of nitrogens with one attached hydrogen (secondary N) is 2. The maximum atomic E-state index is 12.5. The molecule has 1 unspecified atom stereocenters. The number of benzene rings is 1. The fraction of sp³-hybridized carbons (Fsp3) is 0.556.